The Morgan fingerprint density at radius 3 is 2.42 bits per heavy atom. The monoisotopic (exact) mass is 323 g/mol. The van der Waals surface area contributed by atoms with Crippen LogP contribution >= 0.6 is 0 Å². The zero-order chi connectivity index (χ0) is 16.5. The first kappa shape index (κ1) is 15.2. The summed E-state index contributed by atoms with van der Waals surface area (Å²) in [7, 11) is 0. The third kappa shape index (κ3) is 2.79. The minimum Gasteiger partial charge on any atom is -0.383 e. The van der Waals surface area contributed by atoms with Crippen LogP contribution in [0.25, 0.3) is 0 Å². The van der Waals surface area contributed by atoms with Gasteiger partial charge in [-0.15, -0.1) is 0 Å². The molecule has 1 aliphatic heterocycles. The standard InChI is InChI=1S/C19H25N5/c1-14-6-2-5-9-17(14)23-10-12-24(13-11-23)19-21-16-8-4-3-7-15(16)18(20)22-19/h2,5-6,9H,3-4,7-8,10-13H2,1H3,(H2,20,21,22). The van der Waals surface area contributed by atoms with E-state index in [4.69, 9.17) is 10.7 Å². The van der Waals surface area contributed by atoms with Crippen molar-refractivity contribution in [3.8, 4) is 0 Å². The summed E-state index contributed by atoms with van der Waals surface area (Å²) in [6.45, 7) is 6.03. The molecule has 1 aromatic carbocycles. The van der Waals surface area contributed by atoms with Gasteiger partial charge in [0.2, 0.25) is 5.95 Å². The molecule has 0 saturated carbocycles. The van der Waals surface area contributed by atoms with E-state index in [1.165, 1.54) is 35.3 Å². The van der Waals surface area contributed by atoms with Crippen molar-refractivity contribution in [2.24, 2.45) is 0 Å². The molecule has 0 amide bonds. The van der Waals surface area contributed by atoms with Crippen molar-refractivity contribution >= 4 is 17.5 Å². The van der Waals surface area contributed by atoms with E-state index in [9.17, 15) is 0 Å². The molecule has 2 aliphatic rings. The van der Waals surface area contributed by atoms with Crippen LogP contribution < -0.4 is 15.5 Å². The molecule has 0 bridgehead atoms. The summed E-state index contributed by atoms with van der Waals surface area (Å²) in [6, 6.07) is 8.59. The fourth-order valence-electron chi connectivity index (χ4n) is 3.82. The molecule has 4 rings (SSSR count). The molecule has 0 atom stereocenters. The van der Waals surface area contributed by atoms with E-state index in [0.29, 0.717) is 5.82 Å². The Hall–Kier alpha value is -2.30. The number of hydrogen-bond acceptors (Lipinski definition) is 5. The summed E-state index contributed by atoms with van der Waals surface area (Å²) in [4.78, 5) is 14.2. The maximum Gasteiger partial charge on any atom is 0.227 e. The molecule has 0 radical (unpaired) electrons. The second-order valence-electron chi connectivity index (χ2n) is 6.80. The normalized spacial score (nSPS) is 17.7. The number of aromatic nitrogens is 2. The van der Waals surface area contributed by atoms with Crippen molar-refractivity contribution in [2.75, 3.05) is 41.7 Å². The number of piperazine rings is 1. The maximum atomic E-state index is 6.20. The summed E-state index contributed by atoms with van der Waals surface area (Å²) in [5.74, 6) is 1.51. The number of fused-ring (bicyclic) bond motifs is 1. The van der Waals surface area contributed by atoms with E-state index in [2.05, 4.69) is 46.0 Å². The fourth-order valence-corrected chi connectivity index (χ4v) is 3.82. The highest BCUT2D eigenvalue weighted by Gasteiger charge is 2.23. The molecule has 1 aliphatic carbocycles. The number of aryl methyl sites for hydroxylation is 2. The van der Waals surface area contributed by atoms with Crippen molar-refractivity contribution in [2.45, 2.75) is 32.6 Å². The number of benzene rings is 1. The first-order valence-corrected chi connectivity index (χ1v) is 8.93. The molecule has 2 N–H and O–H groups in total. The molecule has 5 nitrogen and oxygen atoms in total. The smallest absolute Gasteiger partial charge is 0.227 e. The van der Waals surface area contributed by atoms with Crippen LogP contribution in [0.4, 0.5) is 17.5 Å². The summed E-state index contributed by atoms with van der Waals surface area (Å²) in [5.41, 5.74) is 11.2. The van der Waals surface area contributed by atoms with Crippen LogP contribution in [-0.2, 0) is 12.8 Å². The van der Waals surface area contributed by atoms with E-state index >= 15 is 0 Å². The summed E-state index contributed by atoms with van der Waals surface area (Å²) >= 11 is 0. The zero-order valence-corrected chi connectivity index (χ0v) is 14.3. The Bertz CT molecular complexity index is 735. The lowest BCUT2D eigenvalue weighted by molar-refractivity contribution is 0.625. The van der Waals surface area contributed by atoms with Crippen LogP contribution in [0.15, 0.2) is 24.3 Å². The second-order valence-corrected chi connectivity index (χ2v) is 6.80. The Morgan fingerprint density at radius 2 is 1.62 bits per heavy atom. The Morgan fingerprint density at radius 1 is 0.917 bits per heavy atom. The lowest BCUT2D eigenvalue weighted by Gasteiger charge is -2.37. The van der Waals surface area contributed by atoms with Crippen LogP contribution in [0.2, 0.25) is 0 Å². The maximum absolute atomic E-state index is 6.20. The predicted molar refractivity (Wildman–Crippen MR) is 98.7 cm³/mol. The minimum atomic E-state index is 0.691. The summed E-state index contributed by atoms with van der Waals surface area (Å²) in [6.07, 6.45) is 4.49. The number of nitrogens with zero attached hydrogens (tertiary/aromatic N) is 4. The van der Waals surface area contributed by atoms with Gasteiger partial charge in [-0.3, -0.25) is 0 Å². The summed E-state index contributed by atoms with van der Waals surface area (Å²) in [5, 5.41) is 0. The van der Waals surface area contributed by atoms with Gasteiger partial charge in [-0.1, -0.05) is 18.2 Å². The van der Waals surface area contributed by atoms with Crippen molar-refractivity contribution in [1.29, 1.82) is 0 Å². The number of anilines is 3. The Labute approximate surface area is 143 Å². The largest absolute Gasteiger partial charge is 0.383 e. The van der Waals surface area contributed by atoms with Crippen molar-refractivity contribution in [3.63, 3.8) is 0 Å². The average molecular weight is 323 g/mol. The zero-order valence-electron chi connectivity index (χ0n) is 14.3. The Kier molecular flexibility index (Phi) is 4.00. The number of hydrogen-bond donors (Lipinski definition) is 1. The number of para-hydroxylation sites is 1. The summed E-state index contributed by atoms with van der Waals surface area (Å²) < 4.78 is 0. The topological polar surface area (TPSA) is 58.3 Å². The molecule has 1 saturated heterocycles. The van der Waals surface area contributed by atoms with Crippen molar-refractivity contribution in [3.05, 3.63) is 41.1 Å². The molecule has 1 aromatic heterocycles. The molecule has 1 fully saturated rings. The molecule has 5 heteroatoms. The van der Waals surface area contributed by atoms with E-state index in [0.717, 1.165) is 45.0 Å². The van der Waals surface area contributed by atoms with Gasteiger partial charge in [0.15, 0.2) is 0 Å². The highest BCUT2D eigenvalue weighted by Crippen LogP contribution is 2.27. The van der Waals surface area contributed by atoms with Gasteiger partial charge in [0.05, 0.1) is 5.69 Å². The van der Waals surface area contributed by atoms with Gasteiger partial charge in [0.1, 0.15) is 5.82 Å². The minimum absolute atomic E-state index is 0.691. The Balaban J connectivity index is 1.50. The van der Waals surface area contributed by atoms with E-state index in [-0.39, 0.29) is 0 Å². The highest BCUT2D eigenvalue weighted by atomic mass is 15.3. The van der Waals surface area contributed by atoms with Crippen LogP contribution in [0.3, 0.4) is 0 Å². The van der Waals surface area contributed by atoms with Crippen molar-refractivity contribution in [1.82, 2.24) is 9.97 Å². The first-order valence-electron chi connectivity index (χ1n) is 8.93. The van der Waals surface area contributed by atoms with Gasteiger partial charge < -0.3 is 15.5 Å². The molecule has 2 heterocycles. The van der Waals surface area contributed by atoms with Gasteiger partial charge in [-0.25, -0.2) is 4.98 Å². The van der Waals surface area contributed by atoms with Gasteiger partial charge in [0, 0.05) is 37.4 Å². The van der Waals surface area contributed by atoms with Crippen LogP contribution in [-0.4, -0.2) is 36.1 Å². The lowest BCUT2D eigenvalue weighted by Crippen LogP contribution is -2.47. The number of nitrogens with two attached hydrogens (primary N) is 1. The number of nitrogen functional groups attached to an aromatic ring is 1. The molecule has 0 unspecified atom stereocenters. The molecule has 126 valence electrons. The predicted octanol–water partition coefficient (Wildman–Crippen LogP) is 2.57. The van der Waals surface area contributed by atoms with Gasteiger partial charge in [0.25, 0.3) is 0 Å². The van der Waals surface area contributed by atoms with Gasteiger partial charge >= 0.3 is 0 Å². The quantitative estimate of drug-likeness (QED) is 0.920. The van der Waals surface area contributed by atoms with Crippen molar-refractivity contribution < 1.29 is 0 Å². The SMILES string of the molecule is Cc1ccccc1N1CCN(c2nc(N)c3c(n2)CCCC3)CC1. The van der Waals surface area contributed by atoms with Gasteiger partial charge in [-0.2, -0.15) is 4.98 Å². The third-order valence-corrected chi connectivity index (χ3v) is 5.22. The molecular formula is C19H25N5. The van der Waals surface area contributed by atoms with Crippen LogP contribution in [0.5, 0.6) is 0 Å². The molecule has 24 heavy (non-hydrogen) atoms. The van der Waals surface area contributed by atoms with E-state index < -0.39 is 0 Å². The van der Waals surface area contributed by atoms with Crippen LogP contribution in [0, 0.1) is 6.92 Å². The lowest BCUT2D eigenvalue weighted by atomic mass is 9.96. The third-order valence-electron chi connectivity index (χ3n) is 5.22. The van der Waals surface area contributed by atoms with E-state index in [1.807, 2.05) is 0 Å². The average Bonchev–Trinajstić information content (AvgIpc) is 2.62. The molecule has 2 aromatic rings. The second kappa shape index (κ2) is 6.30. The molecular weight excluding hydrogens is 298 g/mol. The number of rotatable bonds is 2. The van der Waals surface area contributed by atoms with E-state index in [1.54, 1.807) is 0 Å². The first-order chi connectivity index (χ1) is 11.7. The fraction of sp³-hybridized carbons (Fsp3) is 0.474. The van der Waals surface area contributed by atoms with Crippen LogP contribution in [0.1, 0.15) is 29.7 Å². The molecule has 0 spiro atoms. The van der Waals surface area contributed by atoms with Gasteiger partial charge in [-0.05, 0) is 44.2 Å². The highest BCUT2D eigenvalue weighted by molar-refractivity contribution is 5.55.